The monoisotopic (exact) mass is 385 g/mol. The topological polar surface area (TPSA) is 53.8 Å². The van der Waals surface area contributed by atoms with Crippen LogP contribution < -0.4 is 5.32 Å². The third kappa shape index (κ3) is 4.56. The van der Waals surface area contributed by atoms with Crippen LogP contribution in [0.1, 0.15) is 12.0 Å². The summed E-state index contributed by atoms with van der Waals surface area (Å²) in [5.41, 5.74) is 4.51. The summed E-state index contributed by atoms with van der Waals surface area (Å²) in [5, 5.41) is 3.80. The number of aliphatic imine (C=N–C) groups is 2. The van der Waals surface area contributed by atoms with Gasteiger partial charge in [0, 0.05) is 12.1 Å². The summed E-state index contributed by atoms with van der Waals surface area (Å²) in [5.74, 6) is 0.257. The number of nitrogens with zero attached hydrogens (tertiary/aromatic N) is 2. The number of hydrogen-bond acceptors (Lipinski definition) is 4. The number of fused-ring (bicyclic) bond motifs is 1. The zero-order valence-electron chi connectivity index (χ0n) is 15.2. The van der Waals surface area contributed by atoms with Gasteiger partial charge in [-0.05, 0) is 29.8 Å². The highest BCUT2D eigenvalue weighted by Crippen LogP contribution is 2.33. The molecule has 5 heteroatoms. The van der Waals surface area contributed by atoms with E-state index < -0.39 is 0 Å². The van der Waals surface area contributed by atoms with Crippen LogP contribution in [0.3, 0.4) is 0 Å². The molecule has 1 amide bonds. The van der Waals surface area contributed by atoms with Crippen LogP contribution in [0, 0.1) is 0 Å². The summed E-state index contributed by atoms with van der Waals surface area (Å²) in [6.45, 7) is 0. The maximum absolute atomic E-state index is 12.3. The number of para-hydroxylation sites is 3. The van der Waals surface area contributed by atoms with Crippen molar-refractivity contribution in [2.24, 2.45) is 9.98 Å². The van der Waals surface area contributed by atoms with E-state index in [9.17, 15) is 4.79 Å². The normalized spacial score (nSPS) is 13.0. The molecule has 0 radical (unpaired) electrons. The van der Waals surface area contributed by atoms with E-state index in [0.29, 0.717) is 12.2 Å². The van der Waals surface area contributed by atoms with Gasteiger partial charge in [0.2, 0.25) is 5.91 Å². The highest BCUT2D eigenvalue weighted by Gasteiger charge is 2.16. The number of hydrogen-bond donors (Lipinski definition) is 1. The molecule has 138 valence electrons. The largest absolute Gasteiger partial charge is 0.325 e. The Morgan fingerprint density at radius 1 is 0.821 bits per heavy atom. The fourth-order valence-corrected chi connectivity index (χ4v) is 3.67. The smallest absolute Gasteiger partial charge is 0.234 e. The van der Waals surface area contributed by atoms with Gasteiger partial charge < -0.3 is 5.32 Å². The number of carbonyl (C=O) groups excluding carboxylic acids is 1. The van der Waals surface area contributed by atoms with Gasteiger partial charge in [0.1, 0.15) is 0 Å². The first kappa shape index (κ1) is 18.2. The minimum Gasteiger partial charge on any atom is -0.325 e. The highest BCUT2D eigenvalue weighted by atomic mass is 32.2. The predicted octanol–water partition coefficient (Wildman–Crippen LogP) is 5.61. The van der Waals surface area contributed by atoms with E-state index in [1.54, 1.807) is 0 Å². The number of thioether (sulfide) groups is 1. The van der Waals surface area contributed by atoms with Crippen LogP contribution in [0.2, 0.25) is 0 Å². The molecule has 0 fully saturated rings. The molecule has 4 rings (SSSR count). The summed E-state index contributed by atoms with van der Waals surface area (Å²) in [6, 6.07) is 27.4. The SMILES string of the molecule is O=C(CSC1=Nc2ccccc2N=C(c2ccccc2)C1)Nc1ccccc1. The number of rotatable bonds is 4. The number of benzene rings is 3. The lowest BCUT2D eigenvalue weighted by Crippen LogP contribution is -2.16. The minimum atomic E-state index is -0.0466. The first-order valence-corrected chi connectivity index (χ1v) is 10.0. The Kier molecular flexibility index (Phi) is 5.64. The van der Waals surface area contributed by atoms with E-state index in [4.69, 9.17) is 9.98 Å². The lowest BCUT2D eigenvalue weighted by Gasteiger charge is -2.08. The van der Waals surface area contributed by atoms with Crippen molar-refractivity contribution in [1.82, 2.24) is 0 Å². The van der Waals surface area contributed by atoms with Crippen molar-refractivity contribution >= 4 is 45.5 Å². The molecular weight excluding hydrogens is 366 g/mol. The summed E-state index contributed by atoms with van der Waals surface area (Å²) in [4.78, 5) is 21.9. The maximum atomic E-state index is 12.3. The van der Waals surface area contributed by atoms with Gasteiger partial charge in [0.25, 0.3) is 0 Å². The zero-order chi connectivity index (χ0) is 19.2. The number of nitrogens with one attached hydrogen (secondary N) is 1. The van der Waals surface area contributed by atoms with Gasteiger partial charge in [0.05, 0.1) is 27.9 Å². The summed E-state index contributed by atoms with van der Waals surface area (Å²) < 4.78 is 0. The molecule has 0 spiro atoms. The van der Waals surface area contributed by atoms with Crippen LogP contribution in [-0.2, 0) is 4.79 Å². The molecule has 1 aliphatic heterocycles. The molecule has 0 atom stereocenters. The van der Waals surface area contributed by atoms with Crippen molar-refractivity contribution in [2.45, 2.75) is 6.42 Å². The highest BCUT2D eigenvalue weighted by molar-refractivity contribution is 8.14. The van der Waals surface area contributed by atoms with Crippen LogP contribution in [0.25, 0.3) is 0 Å². The van der Waals surface area contributed by atoms with Gasteiger partial charge >= 0.3 is 0 Å². The second-order valence-corrected chi connectivity index (χ2v) is 7.35. The average molecular weight is 385 g/mol. The summed E-state index contributed by atoms with van der Waals surface area (Å²) >= 11 is 1.46. The molecule has 1 aliphatic rings. The maximum Gasteiger partial charge on any atom is 0.234 e. The standard InChI is InChI=1S/C23H19N3OS/c27-22(24-18-11-5-2-6-12-18)16-28-23-15-21(17-9-3-1-4-10-17)25-19-13-7-8-14-20(19)26-23/h1-14H,15-16H2,(H,24,27). The van der Waals surface area contributed by atoms with Gasteiger partial charge in [-0.2, -0.15) is 0 Å². The van der Waals surface area contributed by atoms with Crippen molar-refractivity contribution in [3.8, 4) is 0 Å². The molecule has 0 bridgehead atoms. The van der Waals surface area contributed by atoms with E-state index in [-0.39, 0.29) is 5.91 Å². The summed E-state index contributed by atoms with van der Waals surface area (Å²) in [7, 11) is 0. The van der Waals surface area contributed by atoms with Gasteiger partial charge in [-0.15, -0.1) is 11.8 Å². The number of carbonyl (C=O) groups is 1. The van der Waals surface area contributed by atoms with E-state index in [1.807, 2.05) is 72.8 Å². The van der Waals surface area contributed by atoms with Gasteiger partial charge in [-0.1, -0.05) is 60.7 Å². The van der Waals surface area contributed by atoms with E-state index >= 15 is 0 Å². The second-order valence-electron chi connectivity index (χ2n) is 6.30. The first-order chi connectivity index (χ1) is 13.8. The average Bonchev–Trinajstić information content (AvgIpc) is 2.93. The molecule has 28 heavy (non-hydrogen) atoms. The van der Waals surface area contributed by atoms with Gasteiger partial charge in [0.15, 0.2) is 0 Å². The third-order valence-corrected chi connectivity index (χ3v) is 5.21. The quantitative estimate of drug-likeness (QED) is 0.634. The third-order valence-electron chi connectivity index (χ3n) is 4.24. The molecule has 0 unspecified atom stereocenters. The van der Waals surface area contributed by atoms with Crippen LogP contribution in [0.15, 0.2) is 94.9 Å². The fourth-order valence-electron chi connectivity index (χ4n) is 2.90. The molecule has 0 aliphatic carbocycles. The van der Waals surface area contributed by atoms with Crippen molar-refractivity contribution in [3.05, 3.63) is 90.5 Å². The van der Waals surface area contributed by atoms with Gasteiger partial charge in [-0.3, -0.25) is 9.79 Å². The zero-order valence-corrected chi connectivity index (χ0v) is 16.0. The Morgan fingerprint density at radius 3 is 2.14 bits per heavy atom. The van der Waals surface area contributed by atoms with Gasteiger partial charge in [-0.25, -0.2) is 4.99 Å². The van der Waals surface area contributed by atoms with Crippen molar-refractivity contribution in [3.63, 3.8) is 0 Å². The molecule has 1 N–H and O–H groups in total. The predicted molar refractivity (Wildman–Crippen MR) is 118 cm³/mol. The van der Waals surface area contributed by atoms with Crippen molar-refractivity contribution in [1.29, 1.82) is 0 Å². The Bertz CT molecular complexity index is 1030. The van der Waals surface area contributed by atoms with Crippen LogP contribution in [0.4, 0.5) is 17.1 Å². The Balaban J connectivity index is 1.53. The molecule has 0 saturated carbocycles. The fraction of sp³-hybridized carbons (Fsp3) is 0.0870. The minimum absolute atomic E-state index is 0.0466. The molecular formula is C23H19N3OS. The van der Waals surface area contributed by atoms with Crippen LogP contribution >= 0.6 is 11.8 Å². The van der Waals surface area contributed by atoms with Crippen molar-refractivity contribution < 1.29 is 4.79 Å². The molecule has 1 heterocycles. The van der Waals surface area contributed by atoms with Crippen molar-refractivity contribution in [2.75, 3.05) is 11.1 Å². The Labute approximate surface area is 168 Å². The molecule has 3 aromatic carbocycles. The lowest BCUT2D eigenvalue weighted by atomic mass is 10.1. The Morgan fingerprint density at radius 2 is 1.43 bits per heavy atom. The number of anilines is 1. The molecule has 3 aromatic rings. The molecule has 0 aromatic heterocycles. The first-order valence-electron chi connectivity index (χ1n) is 9.05. The van der Waals surface area contributed by atoms with Crippen LogP contribution in [-0.4, -0.2) is 22.4 Å². The molecule has 0 saturated heterocycles. The molecule has 4 nitrogen and oxygen atoms in total. The summed E-state index contributed by atoms with van der Waals surface area (Å²) in [6.07, 6.45) is 0.599. The lowest BCUT2D eigenvalue weighted by molar-refractivity contribution is -0.113. The van der Waals surface area contributed by atoms with E-state index in [1.165, 1.54) is 11.8 Å². The Hall–Kier alpha value is -3.18. The van der Waals surface area contributed by atoms with E-state index in [2.05, 4.69) is 17.4 Å². The van der Waals surface area contributed by atoms with Crippen LogP contribution in [0.5, 0.6) is 0 Å². The second kappa shape index (κ2) is 8.67. The number of amides is 1. The van der Waals surface area contributed by atoms with E-state index in [0.717, 1.165) is 33.4 Å².